The molecule has 1 saturated carbocycles. The molecule has 0 bridgehead atoms. The first kappa shape index (κ1) is 13.4. The molecule has 98 valence electrons. The molecule has 2 N–H and O–H groups in total. The first-order valence-corrected chi connectivity index (χ1v) is 7.08. The third-order valence-corrected chi connectivity index (χ3v) is 4.22. The first-order chi connectivity index (χ1) is 8.60. The molecule has 0 unspecified atom stereocenters. The second-order valence-electron chi connectivity index (χ2n) is 5.26. The predicted molar refractivity (Wildman–Crippen MR) is 75.9 cm³/mol. The van der Waals surface area contributed by atoms with Crippen LogP contribution in [-0.4, -0.2) is 5.78 Å². The Bertz CT molecular complexity index is 416. The van der Waals surface area contributed by atoms with Crippen molar-refractivity contribution in [3.05, 3.63) is 28.8 Å². The van der Waals surface area contributed by atoms with E-state index in [2.05, 4.69) is 6.92 Å². The van der Waals surface area contributed by atoms with Crippen molar-refractivity contribution in [1.29, 1.82) is 0 Å². The molecule has 0 radical (unpaired) electrons. The molecule has 1 fully saturated rings. The Morgan fingerprint density at radius 3 is 2.50 bits per heavy atom. The maximum atomic E-state index is 12.4. The van der Waals surface area contributed by atoms with Gasteiger partial charge in [0.15, 0.2) is 5.78 Å². The average Bonchev–Trinajstić information content (AvgIpc) is 2.37. The topological polar surface area (TPSA) is 43.1 Å². The standard InChI is InChI=1S/C15H20ClNO/c1-2-10-3-5-11(6-4-10)15(18)12-7-13(16)9-14(17)8-12/h7-11H,2-6,17H2,1H3. The Hall–Kier alpha value is -1.02. The van der Waals surface area contributed by atoms with Crippen LogP contribution in [0.15, 0.2) is 18.2 Å². The van der Waals surface area contributed by atoms with Gasteiger partial charge in [-0.2, -0.15) is 0 Å². The van der Waals surface area contributed by atoms with Crippen LogP contribution in [0.4, 0.5) is 5.69 Å². The van der Waals surface area contributed by atoms with E-state index in [-0.39, 0.29) is 11.7 Å². The van der Waals surface area contributed by atoms with Gasteiger partial charge in [-0.05, 0) is 49.8 Å². The second-order valence-corrected chi connectivity index (χ2v) is 5.70. The van der Waals surface area contributed by atoms with Crippen molar-refractivity contribution in [3.63, 3.8) is 0 Å². The monoisotopic (exact) mass is 265 g/mol. The zero-order chi connectivity index (χ0) is 13.1. The fourth-order valence-electron chi connectivity index (χ4n) is 2.82. The Kier molecular flexibility index (Phi) is 4.28. The van der Waals surface area contributed by atoms with Crippen LogP contribution in [0.1, 0.15) is 49.4 Å². The zero-order valence-electron chi connectivity index (χ0n) is 10.8. The highest BCUT2D eigenvalue weighted by molar-refractivity contribution is 6.31. The minimum atomic E-state index is 0.158. The summed E-state index contributed by atoms with van der Waals surface area (Å²) in [6.45, 7) is 2.23. The molecule has 2 nitrogen and oxygen atoms in total. The largest absolute Gasteiger partial charge is 0.399 e. The molecular formula is C15H20ClNO. The van der Waals surface area contributed by atoms with Gasteiger partial charge in [-0.1, -0.05) is 24.9 Å². The third-order valence-electron chi connectivity index (χ3n) is 4.00. The Morgan fingerprint density at radius 1 is 1.28 bits per heavy atom. The van der Waals surface area contributed by atoms with E-state index in [1.165, 1.54) is 19.3 Å². The van der Waals surface area contributed by atoms with Crippen LogP contribution in [-0.2, 0) is 0 Å². The fourth-order valence-corrected chi connectivity index (χ4v) is 3.07. The van der Waals surface area contributed by atoms with Crippen LogP contribution in [0.25, 0.3) is 0 Å². The van der Waals surface area contributed by atoms with Crippen molar-refractivity contribution in [2.45, 2.75) is 39.0 Å². The fraction of sp³-hybridized carbons (Fsp3) is 0.533. The molecule has 2 rings (SSSR count). The summed E-state index contributed by atoms with van der Waals surface area (Å²) in [7, 11) is 0. The number of halogens is 1. The van der Waals surface area contributed by atoms with E-state index in [4.69, 9.17) is 17.3 Å². The van der Waals surface area contributed by atoms with Gasteiger partial charge in [0.1, 0.15) is 0 Å². The molecule has 18 heavy (non-hydrogen) atoms. The molecule has 0 saturated heterocycles. The van der Waals surface area contributed by atoms with E-state index in [9.17, 15) is 4.79 Å². The predicted octanol–water partition coefficient (Wildman–Crippen LogP) is 4.32. The summed E-state index contributed by atoms with van der Waals surface area (Å²) in [5.74, 6) is 1.17. The minimum absolute atomic E-state index is 0.158. The molecule has 0 atom stereocenters. The maximum Gasteiger partial charge on any atom is 0.166 e. The van der Waals surface area contributed by atoms with E-state index in [1.807, 2.05) is 0 Å². The van der Waals surface area contributed by atoms with Crippen molar-refractivity contribution in [3.8, 4) is 0 Å². The highest BCUT2D eigenvalue weighted by atomic mass is 35.5. The Balaban J connectivity index is 2.07. The molecular weight excluding hydrogens is 246 g/mol. The molecule has 1 aromatic rings. The highest BCUT2D eigenvalue weighted by Gasteiger charge is 2.26. The molecule has 0 amide bonds. The lowest BCUT2D eigenvalue weighted by Crippen LogP contribution is -2.21. The van der Waals surface area contributed by atoms with Gasteiger partial charge >= 0.3 is 0 Å². The van der Waals surface area contributed by atoms with Crippen molar-refractivity contribution in [2.24, 2.45) is 11.8 Å². The molecule has 1 aromatic carbocycles. The minimum Gasteiger partial charge on any atom is -0.399 e. The van der Waals surface area contributed by atoms with Crippen molar-refractivity contribution in [1.82, 2.24) is 0 Å². The van der Waals surface area contributed by atoms with E-state index >= 15 is 0 Å². The van der Waals surface area contributed by atoms with Crippen LogP contribution in [0.5, 0.6) is 0 Å². The van der Waals surface area contributed by atoms with Gasteiger partial charge in [-0.15, -0.1) is 0 Å². The quantitative estimate of drug-likeness (QED) is 0.653. The zero-order valence-corrected chi connectivity index (χ0v) is 11.5. The van der Waals surface area contributed by atoms with Crippen LogP contribution in [0.3, 0.4) is 0 Å². The number of benzene rings is 1. The number of nitrogen functional groups attached to an aromatic ring is 1. The summed E-state index contributed by atoms with van der Waals surface area (Å²) in [5.41, 5.74) is 6.96. The maximum absolute atomic E-state index is 12.4. The van der Waals surface area contributed by atoms with E-state index in [1.54, 1.807) is 18.2 Å². The summed E-state index contributed by atoms with van der Waals surface area (Å²) in [5, 5.41) is 0.542. The lowest BCUT2D eigenvalue weighted by atomic mass is 9.78. The Morgan fingerprint density at radius 2 is 1.94 bits per heavy atom. The molecule has 0 heterocycles. The van der Waals surface area contributed by atoms with Gasteiger partial charge in [-0.25, -0.2) is 0 Å². The van der Waals surface area contributed by atoms with Gasteiger partial charge in [0.05, 0.1) is 0 Å². The molecule has 0 aromatic heterocycles. The number of anilines is 1. The number of carbonyl (C=O) groups excluding carboxylic acids is 1. The van der Waals surface area contributed by atoms with Crippen molar-refractivity contribution < 1.29 is 4.79 Å². The number of Topliss-reactive ketones (excluding diaryl/α,β-unsaturated/α-hetero) is 1. The van der Waals surface area contributed by atoms with Gasteiger partial charge in [0.25, 0.3) is 0 Å². The number of ketones is 1. The molecule has 1 aliphatic carbocycles. The van der Waals surface area contributed by atoms with E-state index in [0.717, 1.165) is 18.8 Å². The van der Waals surface area contributed by atoms with Crippen molar-refractivity contribution in [2.75, 3.05) is 5.73 Å². The average molecular weight is 266 g/mol. The number of carbonyl (C=O) groups is 1. The van der Waals surface area contributed by atoms with Gasteiger partial charge in [0, 0.05) is 22.2 Å². The van der Waals surface area contributed by atoms with E-state index < -0.39 is 0 Å². The smallest absolute Gasteiger partial charge is 0.166 e. The summed E-state index contributed by atoms with van der Waals surface area (Å²) in [4.78, 5) is 12.4. The SMILES string of the molecule is CCC1CCC(C(=O)c2cc(N)cc(Cl)c2)CC1. The molecule has 0 aliphatic heterocycles. The van der Waals surface area contributed by atoms with E-state index in [0.29, 0.717) is 16.3 Å². The number of rotatable bonds is 3. The summed E-state index contributed by atoms with van der Waals surface area (Å²) < 4.78 is 0. The summed E-state index contributed by atoms with van der Waals surface area (Å²) >= 11 is 5.95. The normalized spacial score (nSPS) is 23.9. The Labute approximate surface area is 114 Å². The van der Waals surface area contributed by atoms with Crippen LogP contribution in [0, 0.1) is 11.8 Å². The molecule has 0 spiro atoms. The number of nitrogens with two attached hydrogens (primary N) is 1. The first-order valence-electron chi connectivity index (χ1n) is 6.70. The van der Waals surface area contributed by atoms with Gasteiger partial charge in [-0.3, -0.25) is 4.79 Å². The lowest BCUT2D eigenvalue weighted by molar-refractivity contribution is 0.0871. The third kappa shape index (κ3) is 3.05. The summed E-state index contributed by atoms with van der Waals surface area (Å²) in [6.07, 6.45) is 5.57. The van der Waals surface area contributed by atoms with Crippen LogP contribution >= 0.6 is 11.6 Å². The van der Waals surface area contributed by atoms with Crippen LogP contribution in [0.2, 0.25) is 5.02 Å². The lowest BCUT2D eigenvalue weighted by Gasteiger charge is -2.26. The summed E-state index contributed by atoms with van der Waals surface area (Å²) in [6, 6.07) is 5.14. The second kappa shape index (κ2) is 5.75. The van der Waals surface area contributed by atoms with Crippen LogP contribution < -0.4 is 5.73 Å². The molecule has 3 heteroatoms. The van der Waals surface area contributed by atoms with Gasteiger partial charge < -0.3 is 5.73 Å². The van der Waals surface area contributed by atoms with Crippen molar-refractivity contribution >= 4 is 23.1 Å². The molecule has 1 aliphatic rings. The number of hydrogen-bond donors (Lipinski definition) is 1. The highest BCUT2D eigenvalue weighted by Crippen LogP contribution is 2.33. The van der Waals surface area contributed by atoms with Gasteiger partial charge in [0.2, 0.25) is 0 Å². The number of hydrogen-bond acceptors (Lipinski definition) is 2.